The molecule has 27 heavy (non-hydrogen) atoms. The summed E-state index contributed by atoms with van der Waals surface area (Å²) in [6, 6.07) is 13.9. The normalized spacial score (nSPS) is 12.6. The number of nitrogens with one attached hydrogen (secondary N) is 2. The molecule has 0 spiro atoms. The van der Waals surface area contributed by atoms with Crippen LogP contribution in [0.15, 0.2) is 48.5 Å². The zero-order chi connectivity index (χ0) is 19.8. The minimum Gasteiger partial charge on any atom is -0.497 e. The van der Waals surface area contributed by atoms with E-state index < -0.39 is 6.10 Å². The second-order valence-electron chi connectivity index (χ2n) is 6.28. The highest BCUT2D eigenvalue weighted by molar-refractivity contribution is 5.96. The molecular weight excluding hydrogens is 344 g/mol. The van der Waals surface area contributed by atoms with Gasteiger partial charge in [-0.2, -0.15) is 0 Å². The third kappa shape index (κ3) is 6.02. The van der Waals surface area contributed by atoms with Crippen molar-refractivity contribution in [3.8, 4) is 11.5 Å². The molecule has 2 unspecified atom stereocenters. The summed E-state index contributed by atoms with van der Waals surface area (Å²) in [5, 5.41) is 5.69. The lowest BCUT2D eigenvalue weighted by Gasteiger charge is -2.15. The number of carbonyl (C=O) groups is 2. The van der Waals surface area contributed by atoms with E-state index >= 15 is 0 Å². The number of benzene rings is 2. The molecule has 6 nitrogen and oxygen atoms in total. The lowest BCUT2D eigenvalue weighted by Crippen LogP contribution is -2.32. The standard InChI is InChI=1S/C21H26N2O4/c1-5-14(2)22-21(25)16-6-8-17(9-7-16)23-20(24)15(3)27-19-12-10-18(26-4)11-13-19/h6-15H,5H2,1-4H3,(H,22,25)(H,23,24). The maximum Gasteiger partial charge on any atom is 0.265 e. The highest BCUT2D eigenvalue weighted by Crippen LogP contribution is 2.19. The second kappa shape index (κ2) is 9.62. The van der Waals surface area contributed by atoms with E-state index in [-0.39, 0.29) is 17.9 Å². The molecule has 2 N–H and O–H groups in total. The van der Waals surface area contributed by atoms with Gasteiger partial charge in [0.1, 0.15) is 11.5 Å². The topological polar surface area (TPSA) is 76.7 Å². The molecule has 144 valence electrons. The summed E-state index contributed by atoms with van der Waals surface area (Å²) >= 11 is 0. The molecule has 0 saturated heterocycles. The number of ether oxygens (including phenoxy) is 2. The number of rotatable bonds is 8. The van der Waals surface area contributed by atoms with Gasteiger partial charge in [0.05, 0.1) is 7.11 Å². The van der Waals surface area contributed by atoms with Crippen LogP contribution in [0.5, 0.6) is 11.5 Å². The van der Waals surface area contributed by atoms with Gasteiger partial charge < -0.3 is 20.1 Å². The summed E-state index contributed by atoms with van der Waals surface area (Å²) in [6.45, 7) is 5.64. The number of methoxy groups -OCH3 is 1. The zero-order valence-electron chi connectivity index (χ0n) is 16.1. The molecule has 2 amide bonds. The van der Waals surface area contributed by atoms with Crippen LogP contribution < -0.4 is 20.1 Å². The number of carbonyl (C=O) groups excluding carboxylic acids is 2. The lowest BCUT2D eigenvalue weighted by molar-refractivity contribution is -0.122. The van der Waals surface area contributed by atoms with Gasteiger partial charge in [0.2, 0.25) is 0 Å². The van der Waals surface area contributed by atoms with E-state index in [4.69, 9.17) is 9.47 Å². The maximum absolute atomic E-state index is 12.3. The molecule has 0 saturated carbocycles. The van der Waals surface area contributed by atoms with E-state index in [0.717, 1.165) is 12.2 Å². The highest BCUT2D eigenvalue weighted by atomic mass is 16.5. The number of hydrogen-bond donors (Lipinski definition) is 2. The van der Waals surface area contributed by atoms with Crippen LogP contribution in [0.1, 0.15) is 37.6 Å². The van der Waals surface area contributed by atoms with Gasteiger partial charge in [-0.25, -0.2) is 0 Å². The van der Waals surface area contributed by atoms with Gasteiger partial charge in [-0.05, 0) is 68.8 Å². The fraction of sp³-hybridized carbons (Fsp3) is 0.333. The summed E-state index contributed by atoms with van der Waals surface area (Å²) in [7, 11) is 1.59. The van der Waals surface area contributed by atoms with Crippen LogP contribution in [0.2, 0.25) is 0 Å². The minimum atomic E-state index is -0.674. The van der Waals surface area contributed by atoms with Crippen molar-refractivity contribution >= 4 is 17.5 Å². The summed E-state index contributed by atoms with van der Waals surface area (Å²) in [6.07, 6.45) is 0.193. The van der Waals surface area contributed by atoms with Gasteiger partial charge in [-0.15, -0.1) is 0 Å². The van der Waals surface area contributed by atoms with Crippen molar-refractivity contribution in [2.24, 2.45) is 0 Å². The molecule has 0 fully saturated rings. The Labute approximate surface area is 159 Å². The molecule has 0 aliphatic carbocycles. The molecule has 0 aliphatic heterocycles. The molecule has 0 bridgehead atoms. The molecule has 0 radical (unpaired) electrons. The maximum atomic E-state index is 12.3. The Kier molecular flexibility index (Phi) is 7.23. The van der Waals surface area contributed by atoms with Crippen molar-refractivity contribution in [1.82, 2.24) is 5.32 Å². The van der Waals surface area contributed by atoms with Crippen LogP contribution in [0.4, 0.5) is 5.69 Å². The third-order valence-electron chi connectivity index (χ3n) is 4.15. The molecule has 2 atom stereocenters. The van der Waals surface area contributed by atoms with E-state index in [9.17, 15) is 9.59 Å². The zero-order valence-corrected chi connectivity index (χ0v) is 16.1. The first-order valence-electron chi connectivity index (χ1n) is 8.95. The smallest absolute Gasteiger partial charge is 0.265 e. The van der Waals surface area contributed by atoms with Crippen molar-refractivity contribution in [1.29, 1.82) is 0 Å². The first-order valence-corrected chi connectivity index (χ1v) is 8.95. The van der Waals surface area contributed by atoms with E-state index in [0.29, 0.717) is 17.0 Å². The van der Waals surface area contributed by atoms with Crippen molar-refractivity contribution in [3.63, 3.8) is 0 Å². The van der Waals surface area contributed by atoms with Gasteiger partial charge >= 0.3 is 0 Å². The predicted octanol–water partition coefficient (Wildman–Crippen LogP) is 3.63. The molecular formula is C21H26N2O4. The largest absolute Gasteiger partial charge is 0.497 e. The predicted molar refractivity (Wildman–Crippen MR) is 105 cm³/mol. The van der Waals surface area contributed by atoms with E-state index in [2.05, 4.69) is 10.6 Å². The van der Waals surface area contributed by atoms with Crippen molar-refractivity contribution in [3.05, 3.63) is 54.1 Å². The summed E-state index contributed by atoms with van der Waals surface area (Å²) < 4.78 is 10.7. The Morgan fingerprint density at radius 1 is 0.963 bits per heavy atom. The summed E-state index contributed by atoms with van der Waals surface area (Å²) in [4.78, 5) is 24.4. The van der Waals surface area contributed by atoms with Crippen LogP contribution >= 0.6 is 0 Å². The molecule has 0 heterocycles. The Morgan fingerprint density at radius 3 is 2.11 bits per heavy atom. The Bertz CT molecular complexity index is 757. The van der Waals surface area contributed by atoms with Crippen molar-refractivity contribution in [2.75, 3.05) is 12.4 Å². The van der Waals surface area contributed by atoms with Crippen LogP contribution in [-0.4, -0.2) is 31.1 Å². The van der Waals surface area contributed by atoms with Crippen LogP contribution in [0, 0.1) is 0 Å². The third-order valence-corrected chi connectivity index (χ3v) is 4.15. The van der Waals surface area contributed by atoms with Crippen LogP contribution in [0.25, 0.3) is 0 Å². The number of amides is 2. The fourth-order valence-electron chi connectivity index (χ4n) is 2.27. The van der Waals surface area contributed by atoms with Gasteiger partial charge in [0.25, 0.3) is 11.8 Å². The van der Waals surface area contributed by atoms with Crippen LogP contribution in [-0.2, 0) is 4.79 Å². The summed E-state index contributed by atoms with van der Waals surface area (Å²) in [5.41, 5.74) is 1.15. The number of hydrogen-bond acceptors (Lipinski definition) is 4. The number of anilines is 1. The minimum absolute atomic E-state index is 0.118. The van der Waals surface area contributed by atoms with Crippen molar-refractivity contribution in [2.45, 2.75) is 39.3 Å². The molecule has 0 aliphatic rings. The van der Waals surface area contributed by atoms with Gasteiger partial charge in [-0.1, -0.05) is 6.92 Å². The van der Waals surface area contributed by atoms with Crippen LogP contribution in [0.3, 0.4) is 0 Å². The van der Waals surface area contributed by atoms with E-state index in [1.54, 1.807) is 62.6 Å². The molecule has 2 aromatic rings. The first kappa shape index (κ1) is 20.3. The average Bonchev–Trinajstić information content (AvgIpc) is 2.68. The average molecular weight is 370 g/mol. The van der Waals surface area contributed by atoms with E-state index in [1.807, 2.05) is 13.8 Å². The molecule has 2 aromatic carbocycles. The summed E-state index contributed by atoms with van der Waals surface area (Å²) in [5.74, 6) is 0.897. The van der Waals surface area contributed by atoms with E-state index in [1.165, 1.54) is 0 Å². The SMILES string of the molecule is CCC(C)NC(=O)c1ccc(NC(=O)C(C)Oc2ccc(OC)cc2)cc1. The van der Waals surface area contributed by atoms with Gasteiger partial charge in [0.15, 0.2) is 6.10 Å². The Morgan fingerprint density at radius 2 is 1.56 bits per heavy atom. The lowest BCUT2D eigenvalue weighted by atomic mass is 10.1. The first-order chi connectivity index (χ1) is 12.9. The van der Waals surface area contributed by atoms with Crippen molar-refractivity contribution < 1.29 is 19.1 Å². The highest BCUT2D eigenvalue weighted by Gasteiger charge is 2.15. The molecule has 6 heteroatoms. The molecule has 0 aromatic heterocycles. The Hall–Kier alpha value is -3.02. The Balaban J connectivity index is 1.91. The van der Waals surface area contributed by atoms with Gasteiger partial charge in [0, 0.05) is 17.3 Å². The quantitative estimate of drug-likeness (QED) is 0.744. The second-order valence-corrected chi connectivity index (χ2v) is 6.28. The molecule has 2 rings (SSSR count). The monoisotopic (exact) mass is 370 g/mol. The fourth-order valence-corrected chi connectivity index (χ4v) is 2.27. The van der Waals surface area contributed by atoms with Gasteiger partial charge in [-0.3, -0.25) is 9.59 Å².